The molecule has 1 aliphatic heterocycles. The van der Waals surface area contributed by atoms with E-state index in [4.69, 9.17) is 9.15 Å². The van der Waals surface area contributed by atoms with E-state index in [0.29, 0.717) is 48.2 Å². The van der Waals surface area contributed by atoms with Crippen molar-refractivity contribution in [2.45, 2.75) is 39.2 Å². The summed E-state index contributed by atoms with van der Waals surface area (Å²) >= 11 is 0. The summed E-state index contributed by atoms with van der Waals surface area (Å²) in [4.78, 5) is 23.9. The zero-order valence-corrected chi connectivity index (χ0v) is 17.5. The van der Waals surface area contributed by atoms with Crippen molar-refractivity contribution in [1.29, 1.82) is 0 Å². The van der Waals surface area contributed by atoms with E-state index in [1.165, 1.54) is 19.1 Å². The van der Waals surface area contributed by atoms with Gasteiger partial charge < -0.3 is 14.5 Å². The van der Waals surface area contributed by atoms with Gasteiger partial charge in [0.25, 0.3) is 0 Å². The molecule has 4 rings (SSSR count). The Morgan fingerprint density at radius 1 is 1.16 bits per heavy atom. The second kappa shape index (κ2) is 8.76. The number of rotatable bonds is 7. The first-order valence-corrected chi connectivity index (χ1v) is 10.3. The second-order valence-corrected chi connectivity index (χ2v) is 7.88. The van der Waals surface area contributed by atoms with Crippen LogP contribution in [0.4, 0.5) is 4.39 Å². The summed E-state index contributed by atoms with van der Waals surface area (Å²) in [6.45, 7) is 3.76. The van der Waals surface area contributed by atoms with E-state index in [9.17, 15) is 14.0 Å². The topological polar surface area (TPSA) is 68.5 Å². The minimum absolute atomic E-state index is 0.0763. The van der Waals surface area contributed by atoms with Crippen molar-refractivity contribution >= 4 is 11.7 Å². The molecule has 160 valence electrons. The van der Waals surface area contributed by atoms with E-state index in [1.54, 1.807) is 18.4 Å². The number of nitrogens with one attached hydrogen (secondary N) is 1. The monoisotopic (exact) mass is 421 g/mol. The molecule has 0 radical (unpaired) electrons. The molecule has 0 saturated carbocycles. The average Bonchev–Trinajstić information content (AvgIpc) is 3.40. The molecule has 1 aromatic heterocycles. The van der Waals surface area contributed by atoms with Gasteiger partial charge in [-0.1, -0.05) is 6.07 Å². The Hall–Kier alpha value is -3.41. The van der Waals surface area contributed by atoms with Gasteiger partial charge in [0.05, 0.1) is 12.8 Å². The van der Waals surface area contributed by atoms with Crippen LogP contribution in [0, 0.1) is 12.7 Å². The Morgan fingerprint density at radius 2 is 2.00 bits per heavy atom. The number of halogens is 1. The standard InChI is InChI=1S/C25H24FNO4/c1-15-10-18-12-20(14-27-24(29)8-6-19-4-3-9-30-19)31-25(18)22(11-15)21-13-17(16(2)28)5-7-23(21)26/h3-5,7,9-11,13,20H,6,8,12,14H2,1-2H3,(H,27,29). The van der Waals surface area contributed by atoms with E-state index in [2.05, 4.69) is 5.32 Å². The number of hydrogen-bond donors (Lipinski definition) is 1. The maximum Gasteiger partial charge on any atom is 0.220 e. The minimum atomic E-state index is -0.406. The number of benzene rings is 2. The molecule has 0 spiro atoms. The summed E-state index contributed by atoms with van der Waals surface area (Å²) in [5, 5.41) is 2.91. The van der Waals surface area contributed by atoms with E-state index in [-0.39, 0.29) is 17.8 Å². The lowest BCUT2D eigenvalue weighted by Crippen LogP contribution is -2.34. The summed E-state index contributed by atoms with van der Waals surface area (Å²) in [5.74, 6) is 0.778. The van der Waals surface area contributed by atoms with Gasteiger partial charge in [-0.15, -0.1) is 0 Å². The number of ketones is 1. The summed E-state index contributed by atoms with van der Waals surface area (Å²) < 4.78 is 26.0. The lowest BCUT2D eigenvalue weighted by atomic mass is 9.95. The number of fused-ring (bicyclic) bond motifs is 1. The molecule has 0 fully saturated rings. The van der Waals surface area contributed by atoms with E-state index < -0.39 is 5.82 Å². The molecule has 6 heteroatoms. The van der Waals surface area contributed by atoms with Crippen LogP contribution >= 0.6 is 0 Å². The summed E-state index contributed by atoms with van der Waals surface area (Å²) in [6.07, 6.45) is 2.85. The third-order valence-corrected chi connectivity index (χ3v) is 5.41. The van der Waals surface area contributed by atoms with Crippen LogP contribution in [-0.2, 0) is 17.6 Å². The van der Waals surface area contributed by atoms with Gasteiger partial charge >= 0.3 is 0 Å². The molecule has 0 bridgehead atoms. The molecule has 3 aromatic rings. The van der Waals surface area contributed by atoms with Gasteiger partial charge in [0.15, 0.2) is 5.78 Å². The van der Waals surface area contributed by atoms with Crippen LogP contribution < -0.4 is 10.1 Å². The van der Waals surface area contributed by atoms with Crippen molar-refractivity contribution in [1.82, 2.24) is 5.32 Å². The van der Waals surface area contributed by atoms with Crippen molar-refractivity contribution in [2.75, 3.05) is 6.54 Å². The summed E-state index contributed by atoms with van der Waals surface area (Å²) in [5.41, 5.74) is 3.37. The van der Waals surface area contributed by atoms with Crippen LogP contribution in [-0.4, -0.2) is 24.3 Å². The maximum atomic E-state index is 14.6. The highest BCUT2D eigenvalue weighted by Gasteiger charge is 2.28. The first-order chi connectivity index (χ1) is 14.9. The van der Waals surface area contributed by atoms with Crippen molar-refractivity contribution in [3.05, 3.63) is 77.0 Å². The lowest BCUT2D eigenvalue weighted by Gasteiger charge is -2.15. The summed E-state index contributed by atoms with van der Waals surface area (Å²) in [7, 11) is 0. The fraction of sp³-hybridized carbons (Fsp3) is 0.280. The van der Waals surface area contributed by atoms with Crippen LogP contribution in [0.3, 0.4) is 0 Å². The van der Waals surface area contributed by atoms with E-state index in [0.717, 1.165) is 16.9 Å². The highest BCUT2D eigenvalue weighted by Crippen LogP contribution is 2.41. The SMILES string of the molecule is CC(=O)c1ccc(F)c(-c2cc(C)cc3c2OC(CNC(=O)CCc2ccco2)C3)c1. The molecule has 0 aliphatic carbocycles. The molecule has 1 unspecified atom stereocenters. The van der Waals surface area contributed by atoms with Crippen molar-refractivity contribution < 1.29 is 23.1 Å². The third-order valence-electron chi connectivity index (χ3n) is 5.41. The molecule has 2 aromatic carbocycles. The fourth-order valence-corrected chi connectivity index (χ4v) is 3.86. The van der Waals surface area contributed by atoms with Gasteiger partial charge in [0, 0.05) is 36.0 Å². The smallest absolute Gasteiger partial charge is 0.220 e. The van der Waals surface area contributed by atoms with Gasteiger partial charge in [0.1, 0.15) is 23.4 Å². The normalized spacial score (nSPS) is 14.7. The van der Waals surface area contributed by atoms with Crippen LogP contribution in [0.15, 0.2) is 53.1 Å². The molecule has 1 N–H and O–H groups in total. The molecular formula is C25H24FNO4. The first-order valence-electron chi connectivity index (χ1n) is 10.3. The number of aryl methyl sites for hydroxylation is 2. The number of Topliss-reactive ketones (excluding diaryl/α,β-unsaturated/α-hetero) is 1. The number of carbonyl (C=O) groups is 2. The van der Waals surface area contributed by atoms with Gasteiger partial charge in [-0.3, -0.25) is 9.59 Å². The number of ether oxygens (including phenoxy) is 1. The van der Waals surface area contributed by atoms with Crippen molar-refractivity contribution in [2.24, 2.45) is 0 Å². The van der Waals surface area contributed by atoms with Gasteiger partial charge in [-0.2, -0.15) is 0 Å². The first kappa shape index (κ1) is 20.8. The predicted octanol–water partition coefficient (Wildman–Crippen LogP) is 4.65. The highest BCUT2D eigenvalue weighted by molar-refractivity contribution is 5.95. The zero-order chi connectivity index (χ0) is 22.0. The minimum Gasteiger partial charge on any atom is -0.487 e. The van der Waals surface area contributed by atoms with Crippen LogP contribution in [0.1, 0.15) is 40.6 Å². The number of hydrogen-bond acceptors (Lipinski definition) is 4. The van der Waals surface area contributed by atoms with Crippen LogP contribution in [0.25, 0.3) is 11.1 Å². The molecule has 1 amide bonds. The molecule has 5 nitrogen and oxygen atoms in total. The molecule has 1 atom stereocenters. The van der Waals surface area contributed by atoms with E-state index in [1.807, 2.05) is 25.1 Å². The quantitative estimate of drug-likeness (QED) is 0.564. The van der Waals surface area contributed by atoms with Crippen molar-refractivity contribution in [3.8, 4) is 16.9 Å². The molecule has 31 heavy (non-hydrogen) atoms. The molecule has 2 heterocycles. The Balaban J connectivity index is 1.47. The number of amides is 1. The Bertz CT molecular complexity index is 1120. The zero-order valence-electron chi connectivity index (χ0n) is 17.5. The maximum absolute atomic E-state index is 14.6. The second-order valence-electron chi connectivity index (χ2n) is 7.88. The van der Waals surface area contributed by atoms with Gasteiger partial charge in [-0.05, 0) is 61.4 Å². The predicted molar refractivity (Wildman–Crippen MR) is 115 cm³/mol. The van der Waals surface area contributed by atoms with Crippen LogP contribution in [0.2, 0.25) is 0 Å². The fourth-order valence-electron chi connectivity index (χ4n) is 3.86. The van der Waals surface area contributed by atoms with Gasteiger partial charge in [-0.25, -0.2) is 4.39 Å². The number of furan rings is 1. The third kappa shape index (κ3) is 4.68. The summed E-state index contributed by atoms with van der Waals surface area (Å²) in [6, 6.07) is 11.9. The van der Waals surface area contributed by atoms with Gasteiger partial charge in [0.2, 0.25) is 5.91 Å². The molecule has 0 saturated heterocycles. The average molecular weight is 421 g/mol. The Morgan fingerprint density at radius 3 is 2.74 bits per heavy atom. The largest absolute Gasteiger partial charge is 0.487 e. The molecular weight excluding hydrogens is 397 g/mol. The number of carbonyl (C=O) groups excluding carboxylic acids is 2. The van der Waals surface area contributed by atoms with E-state index >= 15 is 0 Å². The molecule has 1 aliphatic rings. The Kier molecular flexibility index (Phi) is 5.89. The van der Waals surface area contributed by atoms with Crippen molar-refractivity contribution in [3.63, 3.8) is 0 Å². The Labute approximate surface area is 180 Å². The highest BCUT2D eigenvalue weighted by atomic mass is 19.1. The lowest BCUT2D eigenvalue weighted by molar-refractivity contribution is -0.121. The van der Waals surface area contributed by atoms with Crippen LogP contribution in [0.5, 0.6) is 5.75 Å².